The lowest BCUT2D eigenvalue weighted by molar-refractivity contribution is 0.302. The summed E-state index contributed by atoms with van der Waals surface area (Å²) in [5, 5.41) is 0. The highest BCUT2D eigenvalue weighted by Crippen LogP contribution is 2.39. The molecular formula is C25H36N2O. The third kappa shape index (κ3) is 5.67. The van der Waals surface area contributed by atoms with Gasteiger partial charge in [-0.25, -0.2) is 0 Å². The summed E-state index contributed by atoms with van der Waals surface area (Å²) in [5.74, 6) is 2.98. The second-order valence-corrected chi connectivity index (χ2v) is 8.36. The van der Waals surface area contributed by atoms with Gasteiger partial charge in [-0.1, -0.05) is 63.6 Å². The highest BCUT2D eigenvalue weighted by atomic mass is 16.5. The van der Waals surface area contributed by atoms with Gasteiger partial charge in [0.25, 0.3) is 0 Å². The topological polar surface area (TPSA) is 61.3 Å². The lowest BCUT2D eigenvalue weighted by atomic mass is 9.77. The zero-order valence-corrected chi connectivity index (χ0v) is 17.3. The first-order chi connectivity index (χ1) is 13.7. The van der Waals surface area contributed by atoms with Gasteiger partial charge in [0.1, 0.15) is 5.75 Å². The predicted octanol–water partition coefficient (Wildman–Crippen LogP) is 7.28. The van der Waals surface area contributed by atoms with E-state index in [1.54, 1.807) is 0 Å². The van der Waals surface area contributed by atoms with Gasteiger partial charge in [-0.2, -0.15) is 0 Å². The number of unbranched alkanes of at least 4 members (excludes halogenated alkanes) is 4. The molecule has 0 atom stereocenters. The van der Waals surface area contributed by atoms with Crippen LogP contribution < -0.4 is 16.2 Å². The second kappa shape index (κ2) is 10.4. The molecule has 0 aromatic heterocycles. The first-order valence-corrected chi connectivity index (χ1v) is 11.1. The highest BCUT2D eigenvalue weighted by molar-refractivity contribution is 5.67. The molecule has 2 aromatic rings. The van der Waals surface area contributed by atoms with Gasteiger partial charge in [0, 0.05) is 0 Å². The molecule has 0 saturated heterocycles. The molecular weight excluding hydrogens is 344 g/mol. The minimum Gasteiger partial charge on any atom is -0.453 e. The SMILES string of the molecule is CCCCCCCC1CCC(c2ccc(Oc3c(N)cccc3N)cc2)CC1. The number of benzene rings is 2. The Balaban J connectivity index is 1.47. The van der Waals surface area contributed by atoms with Crippen LogP contribution in [0.25, 0.3) is 0 Å². The van der Waals surface area contributed by atoms with Crippen molar-refractivity contribution in [2.24, 2.45) is 5.92 Å². The number of para-hydroxylation sites is 1. The molecule has 3 heteroatoms. The van der Waals surface area contributed by atoms with Gasteiger partial charge in [0.15, 0.2) is 5.75 Å². The number of hydrogen-bond donors (Lipinski definition) is 2. The summed E-state index contributed by atoms with van der Waals surface area (Å²) in [7, 11) is 0. The number of rotatable bonds is 9. The van der Waals surface area contributed by atoms with E-state index in [0.29, 0.717) is 23.0 Å². The Kier molecular flexibility index (Phi) is 7.64. The van der Waals surface area contributed by atoms with E-state index >= 15 is 0 Å². The fraction of sp³-hybridized carbons (Fsp3) is 0.520. The van der Waals surface area contributed by atoms with Crippen LogP contribution in [-0.4, -0.2) is 0 Å². The molecule has 1 aliphatic carbocycles. The van der Waals surface area contributed by atoms with Crippen molar-refractivity contribution in [1.29, 1.82) is 0 Å². The van der Waals surface area contributed by atoms with Crippen molar-refractivity contribution in [1.82, 2.24) is 0 Å². The average molecular weight is 381 g/mol. The molecule has 28 heavy (non-hydrogen) atoms. The van der Waals surface area contributed by atoms with Gasteiger partial charge in [-0.05, 0) is 67.3 Å². The Morgan fingerprint density at radius 2 is 1.46 bits per heavy atom. The largest absolute Gasteiger partial charge is 0.453 e. The van der Waals surface area contributed by atoms with E-state index < -0.39 is 0 Å². The summed E-state index contributed by atoms with van der Waals surface area (Å²) in [6.07, 6.45) is 13.8. The van der Waals surface area contributed by atoms with Crippen molar-refractivity contribution in [2.75, 3.05) is 11.5 Å². The number of nitrogen functional groups attached to an aromatic ring is 2. The van der Waals surface area contributed by atoms with E-state index in [4.69, 9.17) is 16.2 Å². The number of nitrogens with two attached hydrogens (primary N) is 2. The Bertz CT molecular complexity index is 698. The zero-order chi connectivity index (χ0) is 19.8. The van der Waals surface area contributed by atoms with Gasteiger partial charge >= 0.3 is 0 Å². The van der Waals surface area contributed by atoms with Gasteiger partial charge in [-0.15, -0.1) is 0 Å². The molecule has 152 valence electrons. The molecule has 4 N–H and O–H groups in total. The standard InChI is InChI=1S/C25H36N2O/c1-2-3-4-5-6-8-19-11-13-20(14-12-19)21-15-17-22(18-16-21)28-25-23(26)9-7-10-24(25)27/h7,9-10,15-20H,2-6,8,11-14,26-27H2,1H3. The fourth-order valence-electron chi connectivity index (χ4n) is 4.44. The van der Waals surface area contributed by atoms with Crippen molar-refractivity contribution < 1.29 is 4.74 Å². The first-order valence-electron chi connectivity index (χ1n) is 11.1. The van der Waals surface area contributed by atoms with Gasteiger partial charge < -0.3 is 16.2 Å². The van der Waals surface area contributed by atoms with Crippen LogP contribution in [0.2, 0.25) is 0 Å². The smallest absolute Gasteiger partial charge is 0.173 e. The van der Waals surface area contributed by atoms with Crippen molar-refractivity contribution in [3.05, 3.63) is 48.0 Å². The maximum absolute atomic E-state index is 5.98. The summed E-state index contributed by atoms with van der Waals surface area (Å²) in [6, 6.07) is 14.0. The molecule has 0 spiro atoms. The molecule has 1 aliphatic rings. The number of ether oxygens (including phenoxy) is 1. The lowest BCUT2D eigenvalue weighted by Crippen LogP contribution is -2.13. The molecule has 0 unspecified atom stereocenters. The molecule has 0 bridgehead atoms. The highest BCUT2D eigenvalue weighted by Gasteiger charge is 2.22. The van der Waals surface area contributed by atoms with Crippen LogP contribution in [0, 0.1) is 5.92 Å². The van der Waals surface area contributed by atoms with Crippen LogP contribution >= 0.6 is 0 Å². The van der Waals surface area contributed by atoms with E-state index in [1.165, 1.54) is 69.8 Å². The number of anilines is 2. The molecule has 1 fully saturated rings. The van der Waals surface area contributed by atoms with E-state index in [1.807, 2.05) is 30.3 Å². The quantitative estimate of drug-likeness (QED) is 0.355. The summed E-state index contributed by atoms with van der Waals surface area (Å²) in [4.78, 5) is 0. The summed E-state index contributed by atoms with van der Waals surface area (Å²) in [5.41, 5.74) is 14.5. The number of hydrogen-bond acceptors (Lipinski definition) is 3. The maximum atomic E-state index is 5.98. The van der Waals surface area contributed by atoms with Gasteiger partial charge in [0.05, 0.1) is 11.4 Å². The molecule has 0 heterocycles. The first kappa shape index (κ1) is 20.6. The minimum atomic E-state index is 0.551. The van der Waals surface area contributed by atoms with Crippen LogP contribution in [-0.2, 0) is 0 Å². The van der Waals surface area contributed by atoms with Crippen molar-refractivity contribution in [3.8, 4) is 11.5 Å². The van der Waals surface area contributed by atoms with Crippen molar-refractivity contribution >= 4 is 11.4 Å². The van der Waals surface area contributed by atoms with Crippen LogP contribution in [0.5, 0.6) is 11.5 Å². The third-order valence-electron chi connectivity index (χ3n) is 6.21. The summed E-state index contributed by atoms with van der Waals surface area (Å²) in [6.45, 7) is 2.28. The van der Waals surface area contributed by atoms with Gasteiger partial charge in [0.2, 0.25) is 0 Å². The van der Waals surface area contributed by atoms with Crippen molar-refractivity contribution in [3.63, 3.8) is 0 Å². The third-order valence-corrected chi connectivity index (χ3v) is 6.21. The van der Waals surface area contributed by atoms with E-state index in [9.17, 15) is 0 Å². The van der Waals surface area contributed by atoms with E-state index in [-0.39, 0.29) is 0 Å². The summed E-state index contributed by atoms with van der Waals surface area (Å²) >= 11 is 0. The molecule has 3 nitrogen and oxygen atoms in total. The molecule has 1 saturated carbocycles. The molecule has 0 amide bonds. The van der Waals surface area contributed by atoms with Crippen LogP contribution in [0.15, 0.2) is 42.5 Å². The second-order valence-electron chi connectivity index (χ2n) is 8.36. The van der Waals surface area contributed by atoms with E-state index in [0.717, 1.165) is 11.7 Å². The predicted molar refractivity (Wildman–Crippen MR) is 120 cm³/mol. The minimum absolute atomic E-state index is 0.551. The van der Waals surface area contributed by atoms with Crippen molar-refractivity contribution in [2.45, 2.75) is 77.0 Å². The average Bonchev–Trinajstić information content (AvgIpc) is 2.72. The lowest BCUT2D eigenvalue weighted by Gasteiger charge is -2.29. The molecule has 0 aliphatic heterocycles. The normalized spacial score (nSPS) is 19.5. The zero-order valence-electron chi connectivity index (χ0n) is 17.3. The van der Waals surface area contributed by atoms with Crippen LogP contribution in [0.1, 0.15) is 82.6 Å². The molecule has 0 radical (unpaired) electrons. The molecule has 3 rings (SSSR count). The fourth-order valence-corrected chi connectivity index (χ4v) is 4.44. The Morgan fingerprint density at radius 1 is 0.821 bits per heavy atom. The maximum Gasteiger partial charge on any atom is 0.173 e. The van der Waals surface area contributed by atoms with Crippen LogP contribution in [0.3, 0.4) is 0 Å². The Hall–Kier alpha value is -2.16. The summed E-state index contributed by atoms with van der Waals surface area (Å²) < 4.78 is 5.92. The monoisotopic (exact) mass is 380 g/mol. The molecule has 2 aromatic carbocycles. The Morgan fingerprint density at radius 3 is 2.11 bits per heavy atom. The Labute approximate surface area is 170 Å². The van der Waals surface area contributed by atoms with E-state index in [2.05, 4.69) is 19.1 Å². The van der Waals surface area contributed by atoms with Crippen LogP contribution in [0.4, 0.5) is 11.4 Å². The van der Waals surface area contributed by atoms with Gasteiger partial charge in [-0.3, -0.25) is 0 Å².